The number of benzene rings is 1. The van der Waals surface area contributed by atoms with Crippen molar-refractivity contribution in [3.8, 4) is 0 Å². The van der Waals surface area contributed by atoms with Crippen LogP contribution in [0.3, 0.4) is 0 Å². The summed E-state index contributed by atoms with van der Waals surface area (Å²) in [6.07, 6.45) is 4.24. The highest BCUT2D eigenvalue weighted by atomic mass is 32.2. The fourth-order valence-corrected chi connectivity index (χ4v) is 3.02. The first-order valence-electron chi connectivity index (χ1n) is 7.68. The molecule has 6 heteroatoms. The van der Waals surface area contributed by atoms with Gasteiger partial charge in [-0.2, -0.15) is 5.10 Å². The van der Waals surface area contributed by atoms with Crippen LogP contribution in [0.15, 0.2) is 46.1 Å². The van der Waals surface area contributed by atoms with Gasteiger partial charge in [0, 0.05) is 23.4 Å². The molecule has 0 atom stereocenters. The topological polar surface area (TPSA) is 64.0 Å². The number of carbonyl (C=O) groups is 1. The van der Waals surface area contributed by atoms with E-state index in [9.17, 15) is 9.59 Å². The van der Waals surface area contributed by atoms with Gasteiger partial charge in [0.2, 0.25) is 0 Å². The molecule has 1 aromatic heterocycles. The fourth-order valence-electron chi connectivity index (χ4n) is 2.42. The van der Waals surface area contributed by atoms with Gasteiger partial charge >= 0.3 is 0 Å². The second-order valence-electron chi connectivity index (χ2n) is 5.55. The van der Waals surface area contributed by atoms with E-state index in [1.807, 2.05) is 30.5 Å². The Morgan fingerprint density at radius 2 is 2.09 bits per heavy atom. The number of nitrogens with zero attached hydrogens (tertiary/aromatic N) is 2. The van der Waals surface area contributed by atoms with Crippen LogP contribution in [0.4, 0.5) is 0 Å². The molecule has 0 unspecified atom stereocenters. The van der Waals surface area contributed by atoms with Gasteiger partial charge in [-0.3, -0.25) is 9.59 Å². The van der Waals surface area contributed by atoms with Gasteiger partial charge in [0.05, 0.1) is 17.8 Å². The van der Waals surface area contributed by atoms with Crippen LogP contribution in [-0.2, 0) is 6.54 Å². The van der Waals surface area contributed by atoms with E-state index in [-0.39, 0.29) is 11.5 Å². The molecule has 1 saturated carbocycles. The SMILES string of the molecule is CSc1ccccc1C(=O)NCCn1nc(C2CC2)ccc1=O. The smallest absolute Gasteiger partial charge is 0.266 e. The number of rotatable bonds is 6. The minimum absolute atomic E-state index is 0.124. The maximum atomic E-state index is 12.3. The number of hydrogen-bond acceptors (Lipinski definition) is 4. The number of thioether (sulfide) groups is 1. The van der Waals surface area contributed by atoms with Crippen molar-refractivity contribution in [3.63, 3.8) is 0 Å². The van der Waals surface area contributed by atoms with E-state index in [1.165, 1.54) is 16.4 Å². The summed E-state index contributed by atoms with van der Waals surface area (Å²) in [5.74, 6) is 0.381. The Morgan fingerprint density at radius 1 is 1.30 bits per heavy atom. The summed E-state index contributed by atoms with van der Waals surface area (Å²) in [4.78, 5) is 25.0. The van der Waals surface area contributed by atoms with Crippen molar-refractivity contribution < 1.29 is 4.79 Å². The van der Waals surface area contributed by atoms with Gasteiger partial charge < -0.3 is 5.32 Å². The zero-order valence-corrected chi connectivity index (χ0v) is 13.8. The molecule has 1 aromatic carbocycles. The van der Waals surface area contributed by atoms with Crippen molar-refractivity contribution in [3.05, 3.63) is 58.0 Å². The summed E-state index contributed by atoms with van der Waals surface area (Å²) < 4.78 is 1.44. The summed E-state index contributed by atoms with van der Waals surface area (Å²) in [5.41, 5.74) is 1.50. The van der Waals surface area contributed by atoms with E-state index in [0.717, 1.165) is 23.4 Å². The molecule has 5 nitrogen and oxygen atoms in total. The van der Waals surface area contributed by atoms with Gasteiger partial charge in [0.15, 0.2) is 0 Å². The lowest BCUT2D eigenvalue weighted by atomic mass is 10.2. The van der Waals surface area contributed by atoms with E-state index < -0.39 is 0 Å². The number of amides is 1. The predicted octanol–water partition coefficient (Wildman–Crippen LogP) is 2.27. The molecule has 1 fully saturated rings. The molecule has 2 aromatic rings. The second-order valence-corrected chi connectivity index (χ2v) is 6.40. The fraction of sp³-hybridized carbons (Fsp3) is 0.353. The minimum Gasteiger partial charge on any atom is -0.350 e. The van der Waals surface area contributed by atoms with Gasteiger partial charge in [-0.25, -0.2) is 4.68 Å². The molecule has 1 amide bonds. The number of aromatic nitrogens is 2. The molecule has 1 heterocycles. The molecule has 0 spiro atoms. The van der Waals surface area contributed by atoms with Crippen LogP contribution in [0.2, 0.25) is 0 Å². The van der Waals surface area contributed by atoms with Crippen molar-refractivity contribution in [1.82, 2.24) is 15.1 Å². The summed E-state index contributed by atoms with van der Waals surface area (Å²) >= 11 is 1.54. The Morgan fingerprint density at radius 3 is 2.83 bits per heavy atom. The molecule has 0 bridgehead atoms. The Kier molecular flexibility index (Phi) is 4.81. The van der Waals surface area contributed by atoms with Crippen molar-refractivity contribution in [2.75, 3.05) is 12.8 Å². The average Bonchev–Trinajstić information content (AvgIpc) is 3.41. The first kappa shape index (κ1) is 15.8. The van der Waals surface area contributed by atoms with Gasteiger partial charge in [0.1, 0.15) is 0 Å². The van der Waals surface area contributed by atoms with E-state index in [0.29, 0.717) is 24.6 Å². The largest absolute Gasteiger partial charge is 0.350 e. The lowest BCUT2D eigenvalue weighted by molar-refractivity contribution is 0.0949. The average molecular weight is 329 g/mol. The second kappa shape index (κ2) is 7.00. The van der Waals surface area contributed by atoms with Gasteiger partial charge in [0.25, 0.3) is 11.5 Å². The molecule has 3 rings (SSSR count). The maximum Gasteiger partial charge on any atom is 0.266 e. The molecule has 0 saturated heterocycles. The van der Waals surface area contributed by atoms with Crippen molar-refractivity contribution in [2.24, 2.45) is 0 Å². The molecule has 0 aliphatic heterocycles. The molecule has 1 N–H and O–H groups in total. The third-order valence-electron chi connectivity index (χ3n) is 3.84. The summed E-state index contributed by atoms with van der Waals surface area (Å²) in [6, 6.07) is 10.9. The quantitative estimate of drug-likeness (QED) is 0.826. The highest BCUT2D eigenvalue weighted by Crippen LogP contribution is 2.38. The van der Waals surface area contributed by atoms with E-state index in [4.69, 9.17) is 0 Å². The summed E-state index contributed by atoms with van der Waals surface area (Å²) in [7, 11) is 0. The normalized spacial score (nSPS) is 13.8. The molecule has 23 heavy (non-hydrogen) atoms. The van der Waals surface area contributed by atoms with Gasteiger partial charge in [-0.1, -0.05) is 12.1 Å². The van der Waals surface area contributed by atoms with Crippen molar-refractivity contribution in [1.29, 1.82) is 0 Å². The summed E-state index contributed by atoms with van der Waals surface area (Å²) in [5, 5.41) is 7.25. The molecular formula is C17H19N3O2S. The predicted molar refractivity (Wildman–Crippen MR) is 91.0 cm³/mol. The van der Waals surface area contributed by atoms with E-state index >= 15 is 0 Å². The maximum absolute atomic E-state index is 12.3. The van der Waals surface area contributed by atoms with Crippen LogP contribution in [0.5, 0.6) is 0 Å². The van der Waals surface area contributed by atoms with Crippen molar-refractivity contribution in [2.45, 2.75) is 30.2 Å². The molecular weight excluding hydrogens is 310 g/mol. The van der Waals surface area contributed by atoms with Gasteiger partial charge in [-0.15, -0.1) is 11.8 Å². The number of carbonyl (C=O) groups excluding carboxylic acids is 1. The van der Waals surface area contributed by atoms with E-state index in [1.54, 1.807) is 12.1 Å². The molecule has 120 valence electrons. The lowest BCUT2D eigenvalue weighted by Crippen LogP contribution is -2.32. The van der Waals surface area contributed by atoms with Crippen LogP contribution < -0.4 is 10.9 Å². The van der Waals surface area contributed by atoms with E-state index in [2.05, 4.69) is 10.4 Å². The number of hydrogen-bond donors (Lipinski definition) is 1. The Labute approximate surface area is 139 Å². The zero-order valence-electron chi connectivity index (χ0n) is 13.0. The third kappa shape index (κ3) is 3.82. The van der Waals surface area contributed by atoms with Crippen LogP contribution >= 0.6 is 11.8 Å². The van der Waals surface area contributed by atoms with Crippen LogP contribution in [0.25, 0.3) is 0 Å². The lowest BCUT2D eigenvalue weighted by Gasteiger charge is -2.10. The standard InChI is InChI=1S/C17H19N3O2S/c1-23-15-5-3-2-4-13(15)17(22)18-10-11-20-16(21)9-8-14(19-20)12-6-7-12/h2-5,8-9,12H,6-7,10-11H2,1H3,(H,18,22). The van der Waals surface area contributed by atoms with Crippen molar-refractivity contribution >= 4 is 17.7 Å². The first-order valence-corrected chi connectivity index (χ1v) is 8.91. The Bertz CT molecular complexity index is 768. The first-order chi connectivity index (χ1) is 11.2. The van der Waals surface area contributed by atoms with Gasteiger partial charge in [-0.05, 0) is 37.3 Å². The molecule has 0 radical (unpaired) electrons. The Balaban J connectivity index is 1.62. The van der Waals surface area contributed by atoms with Crippen LogP contribution in [0, 0.1) is 0 Å². The van der Waals surface area contributed by atoms with Crippen LogP contribution in [0.1, 0.15) is 34.8 Å². The monoisotopic (exact) mass is 329 g/mol. The zero-order chi connectivity index (χ0) is 16.2. The minimum atomic E-state index is -0.131. The highest BCUT2D eigenvalue weighted by molar-refractivity contribution is 7.98. The Hall–Kier alpha value is -2.08. The highest BCUT2D eigenvalue weighted by Gasteiger charge is 2.25. The summed E-state index contributed by atoms with van der Waals surface area (Å²) in [6.45, 7) is 0.759. The third-order valence-corrected chi connectivity index (χ3v) is 4.64. The van der Waals surface area contributed by atoms with Crippen LogP contribution in [-0.4, -0.2) is 28.5 Å². The molecule has 1 aliphatic carbocycles. The molecule has 1 aliphatic rings. The number of nitrogens with one attached hydrogen (secondary N) is 1.